The lowest BCUT2D eigenvalue weighted by Gasteiger charge is -2.10. The van der Waals surface area contributed by atoms with E-state index in [0.717, 1.165) is 16.9 Å². The molecule has 0 aliphatic heterocycles. The van der Waals surface area contributed by atoms with Gasteiger partial charge in [-0.15, -0.1) is 11.3 Å². The predicted octanol–water partition coefficient (Wildman–Crippen LogP) is 5.00. The molecule has 0 spiro atoms. The van der Waals surface area contributed by atoms with Gasteiger partial charge in [0, 0.05) is 23.6 Å². The van der Waals surface area contributed by atoms with Gasteiger partial charge in [0.2, 0.25) is 0 Å². The quantitative estimate of drug-likeness (QED) is 0.514. The molecule has 0 atom stereocenters. The van der Waals surface area contributed by atoms with Crippen molar-refractivity contribution in [2.75, 3.05) is 26.1 Å². The van der Waals surface area contributed by atoms with E-state index in [2.05, 4.69) is 5.32 Å². The Balaban J connectivity index is 1.94. The van der Waals surface area contributed by atoms with Crippen LogP contribution < -0.4 is 10.1 Å². The molecule has 1 N–H and O–H groups in total. The van der Waals surface area contributed by atoms with Crippen molar-refractivity contribution in [2.24, 2.45) is 0 Å². The third kappa shape index (κ3) is 4.87. The summed E-state index contributed by atoms with van der Waals surface area (Å²) in [5.74, 6) is -0.0641. The van der Waals surface area contributed by atoms with Gasteiger partial charge >= 0.3 is 5.97 Å². The first-order valence-electron chi connectivity index (χ1n) is 9.39. The molecule has 2 aromatic carbocycles. The number of hydrogen-bond donors (Lipinski definition) is 1. The molecule has 3 aromatic rings. The Kier molecular flexibility index (Phi) is 7.21. The number of rotatable bonds is 8. The minimum absolute atomic E-state index is 0.239. The van der Waals surface area contributed by atoms with E-state index in [-0.39, 0.29) is 12.5 Å². The summed E-state index contributed by atoms with van der Waals surface area (Å²) in [7, 11) is 3.20. The summed E-state index contributed by atoms with van der Waals surface area (Å²) in [5.41, 5.74) is 3.25. The van der Waals surface area contributed by atoms with Gasteiger partial charge in [-0.3, -0.25) is 4.79 Å². The zero-order valence-corrected chi connectivity index (χ0v) is 17.9. The molecule has 0 radical (unpaired) electrons. The first kappa shape index (κ1) is 21.5. The van der Waals surface area contributed by atoms with Crippen molar-refractivity contribution in [1.29, 1.82) is 0 Å². The zero-order chi connectivity index (χ0) is 21.5. The molecule has 0 saturated carbocycles. The molecule has 1 amide bonds. The fraction of sp³-hybridized carbons (Fsp3) is 0.217. The van der Waals surface area contributed by atoms with Gasteiger partial charge in [-0.2, -0.15) is 0 Å². The lowest BCUT2D eigenvalue weighted by atomic mass is 10.0. The van der Waals surface area contributed by atoms with Gasteiger partial charge in [0.05, 0.1) is 20.3 Å². The van der Waals surface area contributed by atoms with Crippen LogP contribution in [0.4, 0.5) is 5.00 Å². The highest BCUT2D eigenvalue weighted by atomic mass is 32.1. The van der Waals surface area contributed by atoms with Crippen LogP contribution in [0.1, 0.15) is 33.2 Å². The minimum Gasteiger partial charge on any atom is -0.497 e. The minimum atomic E-state index is -0.479. The maximum atomic E-state index is 12.8. The first-order chi connectivity index (χ1) is 14.6. The normalized spacial score (nSPS) is 10.5. The van der Waals surface area contributed by atoms with E-state index in [4.69, 9.17) is 14.2 Å². The highest BCUT2D eigenvalue weighted by Gasteiger charge is 2.23. The summed E-state index contributed by atoms with van der Waals surface area (Å²) in [6.45, 7) is 2.40. The summed E-state index contributed by atoms with van der Waals surface area (Å²) in [5, 5.41) is 5.15. The number of methoxy groups -OCH3 is 2. The second kappa shape index (κ2) is 10.0. The molecule has 0 bridgehead atoms. The Bertz CT molecular complexity index is 1030. The van der Waals surface area contributed by atoms with Crippen LogP contribution in [-0.4, -0.2) is 32.7 Å². The van der Waals surface area contributed by atoms with Crippen LogP contribution in [0.3, 0.4) is 0 Å². The van der Waals surface area contributed by atoms with Gasteiger partial charge in [0.1, 0.15) is 16.3 Å². The van der Waals surface area contributed by atoms with Crippen molar-refractivity contribution < 1.29 is 23.8 Å². The summed E-state index contributed by atoms with van der Waals surface area (Å²) in [6, 6.07) is 14.5. The topological polar surface area (TPSA) is 73.9 Å². The van der Waals surface area contributed by atoms with E-state index in [1.54, 1.807) is 39.3 Å². The molecule has 7 heteroatoms. The molecule has 0 aliphatic carbocycles. The van der Waals surface area contributed by atoms with Gasteiger partial charge < -0.3 is 19.5 Å². The summed E-state index contributed by atoms with van der Waals surface area (Å²) < 4.78 is 15.6. The van der Waals surface area contributed by atoms with E-state index in [0.29, 0.717) is 28.3 Å². The molecule has 1 aromatic heterocycles. The highest BCUT2D eigenvalue weighted by molar-refractivity contribution is 7.15. The Hall–Kier alpha value is -3.16. The van der Waals surface area contributed by atoms with E-state index in [1.807, 2.05) is 35.7 Å². The van der Waals surface area contributed by atoms with Gasteiger partial charge in [0.25, 0.3) is 5.91 Å². The SMILES string of the molecule is CCOC(=O)c1c(-c2ccc(OC)cc2)csc1NC(=O)c1cccc(COC)c1. The third-order valence-electron chi connectivity index (χ3n) is 4.40. The van der Waals surface area contributed by atoms with Gasteiger partial charge in [-0.05, 0) is 42.3 Å². The fourth-order valence-corrected chi connectivity index (χ4v) is 3.94. The number of carbonyl (C=O) groups is 2. The molecule has 156 valence electrons. The summed E-state index contributed by atoms with van der Waals surface area (Å²) in [4.78, 5) is 25.5. The van der Waals surface area contributed by atoms with Crippen molar-refractivity contribution in [3.63, 3.8) is 0 Å². The van der Waals surface area contributed by atoms with Crippen molar-refractivity contribution >= 4 is 28.2 Å². The van der Waals surface area contributed by atoms with E-state index in [1.165, 1.54) is 11.3 Å². The number of thiophene rings is 1. The Labute approximate surface area is 179 Å². The predicted molar refractivity (Wildman–Crippen MR) is 117 cm³/mol. The molecule has 0 fully saturated rings. The molecule has 1 heterocycles. The number of esters is 1. The summed E-state index contributed by atoms with van der Waals surface area (Å²) >= 11 is 1.28. The van der Waals surface area contributed by atoms with Crippen LogP contribution in [0.15, 0.2) is 53.9 Å². The van der Waals surface area contributed by atoms with Gasteiger partial charge in [-0.1, -0.05) is 24.3 Å². The molecular weight excluding hydrogens is 402 g/mol. The van der Waals surface area contributed by atoms with E-state index >= 15 is 0 Å². The second-order valence-electron chi connectivity index (χ2n) is 6.39. The largest absolute Gasteiger partial charge is 0.497 e. The number of nitrogens with one attached hydrogen (secondary N) is 1. The van der Waals surface area contributed by atoms with E-state index < -0.39 is 5.97 Å². The number of anilines is 1. The third-order valence-corrected chi connectivity index (χ3v) is 5.29. The number of carbonyl (C=O) groups excluding carboxylic acids is 2. The lowest BCUT2D eigenvalue weighted by Crippen LogP contribution is -2.15. The molecule has 30 heavy (non-hydrogen) atoms. The Morgan fingerprint density at radius 1 is 1.07 bits per heavy atom. The Morgan fingerprint density at radius 2 is 1.83 bits per heavy atom. The monoisotopic (exact) mass is 425 g/mol. The van der Waals surface area contributed by atoms with Crippen LogP contribution in [0, 0.1) is 0 Å². The number of amides is 1. The molecule has 0 aliphatic rings. The van der Waals surface area contributed by atoms with Crippen molar-refractivity contribution in [2.45, 2.75) is 13.5 Å². The average molecular weight is 426 g/mol. The van der Waals surface area contributed by atoms with Crippen molar-refractivity contribution in [3.8, 4) is 16.9 Å². The molecule has 0 unspecified atom stereocenters. The maximum Gasteiger partial charge on any atom is 0.341 e. The highest BCUT2D eigenvalue weighted by Crippen LogP contribution is 2.37. The van der Waals surface area contributed by atoms with Crippen LogP contribution in [0.5, 0.6) is 5.75 Å². The average Bonchev–Trinajstić information content (AvgIpc) is 3.18. The van der Waals surface area contributed by atoms with Gasteiger partial charge in [0.15, 0.2) is 0 Å². The molecule has 0 saturated heterocycles. The Morgan fingerprint density at radius 3 is 2.50 bits per heavy atom. The summed E-state index contributed by atoms with van der Waals surface area (Å²) in [6.07, 6.45) is 0. The fourth-order valence-electron chi connectivity index (χ4n) is 2.98. The first-order valence-corrected chi connectivity index (χ1v) is 10.3. The van der Waals surface area contributed by atoms with E-state index in [9.17, 15) is 9.59 Å². The smallest absolute Gasteiger partial charge is 0.341 e. The van der Waals surface area contributed by atoms with Crippen molar-refractivity contribution in [3.05, 3.63) is 70.6 Å². The molecule has 3 rings (SSSR count). The number of ether oxygens (including phenoxy) is 3. The number of benzene rings is 2. The molecule has 6 nitrogen and oxygen atoms in total. The van der Waals surface area contributed by atoms with Crippen LogP contribution in [-0.2, 0) is 16.1 Å². The standard InChI is InChI=1S/C23H23NO5S/c1-4-29-23(26)20-19(16-8-10-18(28-3)11-9-16)14-30-22(20)24-21(25)17-7-5-6-15(12-17)13-27-2/h5-12,14H,4,13H2,1-3H3,(H,24,25). The van der Waals surface area contributed by atoms with Crippen LogP contribution >= 0.6 is 11.3 Å². The van der Waals surface area contributed by atoms with Crippen molar-refractivity contribution in [1.82, 2.24) is 0 Å². The second-order valence-corrected chi connectivity index (χ2v) is 7.27. The van der Waals surface area contributed by atoms with Crippen LogP contribution in [0.2, 0.25) is 0 Å². The van der Waals surface area contributed by atoms with Gasteiger partial charge in [-0.25, -0.2) is 4.79 Å². The molecular formula is C23H23NO5S. The number of hydrogen-bond acceptors (Lipinski definition) is 6. The van der Waals surface area contributed by atoms with Crippen LogP contribution in [0.25, 0.3) is 11.1 Å². The lowest BCUT2D eigenvalue weighted by molar-refractivity contribution is 0.0529. The maximum absolute atomic E-state index is 12.8. The zero-order valence-electron chi connectivity index (χ0n) is 17.1.